The molecule has 0 aromatic heterocycles. The van der Waals surface area contributed by atoms with Gasteiger partial charge in [0.25, 0.3) is 10.0 Å². The lowest BCUT2D eigenvalue weighted by Crippen LogP contribution is -2.29. The van der Waals surface area contributed by atoms with Crippen molar-refractivity contribution >= 4 is 15.7 Å². The van der Waals surface area contributed by atoms with Crippen molar-refractivity contribution in [1.29, 1.82) is 0 Å². The van der Waals surface area contributed by atoms with Crippen LogP contribution in [0.25, 0.3) is 5.70 Å². The van der Waals surface area contributed by atoms with E-state index in [1.165, 1.54) is 0 Å². The van der Waals surface area contributed by atoms with Crippen LogP contribution in [-0.4, -0.2) is 19.3 Å². The molecule has 142 valence electrons. The van der Waals surface area contributed by atoms with E-state index < -0.39 is 10.0 Å². The maximum absolute atomic E-state index is 13.5. The van der Waals surface area contributed by atoms with Crippen molar-refractivity contribution in [2.45, 2.75) is 24.7 Å². The second kappa shape index (κ2) is 7.28. The van der Waals surface area contributed by atoms with E-state index in [9.17, 15) is 8.42 Å². The fraction of sp³-hybridized carbons (Fsp3) is 0.167. The fourth-order valence-corrected chi connectivity index (χ4v) is 5.05. The number of nitrogens with zero attached hydrogens (tertiary/aromatic N) is 1. The minimum atomic E-state index is -3.64. The Kier molecular flexibility index (Phi) is 4.82. The summed E-state index contributed by atoms with van der Waals surface area (Å²) in [5, 5.41) is 0. The highest BCUT2D eigenvalue weighted by molar-refractivity contribution is 7.89. The number of benzene rings is 3. The first kappa shape index (κ1) is 18.5. The third kappa shape index (κ3) is 3.48. The molecule has 1 aliphatic heterocycles. The zero-order chi connectivity index (χ0) is 19.7. The Morgan fingerprint density at radius 2 is 1.36 bits per heavy atom. The molecule has 0 spiro atoms. The molecule has 1 unspecified atom stereocenters. The van der Waals surface area contributed by atoms with E-state index >= 15 is 0 Å². The largest absolute Gasteiger partial charge is 0.265 e. The van der Waals surface area contributed by atoms with Gasteiger partial charge in [0.1, 0.15) is 0 Å². The Morgan fingerprint density at radius 3 is 1.96 bits per heavy atom. The number of aryl methyl sites for hydroxylation is 2. The molecule has 28 heavy (non-hydrogen) atoms. The van der Waals surface area contributed by atoms with Crippen molar-refractivity contribution < 1.29 is 8.42 Å². The molecular formula is C24H23NO2S. The Bertz CT molecular complexity index is 1100. The Balaban J connectivity index is 1.79. The second-order valence-electron chi connectivity index (χ2n) is 7.28. The lowest BCUT2D eigenvalue weighted by Gasteiger charge is -2.23. The van der Waals surface area contributed by atoms with Crippen LogP contribution in [0.4, 0.5) is 0 Å². The van der Waals surface area contributed by atoms with Crippen LogP contribution in [0.5, 0.6) is 0 Å². The van der Waals surface area contributed by atoms with Gasteiger partial charge in [-0.2, -0.15) is 0 Å². The molecule has 3 aromatic rings. The van der Waals surface area contributed by atoms with Gasteiger partial charge in [0.2, 0.25) is 0 Å². The average molecular weight is 390 g/mol. The van der Waals surface area contributed by atoms with Gasteiger partial charge < -0.3 is 0 Å². The first-order chi connectivity index (χ1) is 13.4. The van der Waals surface area contributed by atoms with Gasteiger partial charge in [-0.05, 0) is 37.1 Å². The van der Waals surface area contributed by atoms with E-state index in [4.69, 9.17) is 0 Å². The molecule has 1 aliphatic rings. The molecule has 1 atom stereocenters. The fourth-order valence-electron chi connectivity index (χ4n) is 3.53. The van der Waals surface area contributed by atoms with Crippen LogP contribution in [-0.2, 0) is 10.0 Å². The average Bonchev–Trinajstić information content (AvgIpc) is 3.16. The van der Waals surface area contributed by atoms with Crippen molar-refractivity contribution in [3.8, 4) is 0 Å². The number of hydrogen-bond donors (Lipinski definition) is 0. The highest BCUT2D eigenvalue weighted by Gasteiger charge is 2.34. The Labute approximate surface area is 167 Å². The molecule has 0 saturated heterocycles. The molecule has 0 saturated carbocycles. The summed E-state index contributed by atoms with van der Waals surface area (Å²) in [5.74, 6) is 0.0257. The molecular weight excluding hydrogens is 366 g/mol. The minimum Gasteiger partial charge on any atom is -0.265 e. The SMILES string of the molecule is Cc1ccc(C2=CC(c3ccccc3)CN2S(=O)(=O)c2ccc(C)cc2)cc1. The second-order valence-corrected chi connectivity index (χ2v) is 9.15. The number of sulfonamides is 1. The number of rotatable bonds is 4. The Hall–Kier alpha value is -2.85. The quantitative estimate of drug-likeness (QED) is 0.620. The lowest BCUT2D eigenvalue weighted by atomic mass is 10.00. The zero-order valence-corrected chi connectivity index (χ0v) is 16.9. The summed E-state index contributed by atoms with van der Waals surface area (Å²) < 4.78 is 28.5. The first-order valence-corrected chi connectivity index (χ1v) is 10.8. The summed E-state index contributed by atoms with van der Waals surface area (Å²) in [6.45, 7) is 4.39. The van der Waals surface area contributed by atoms with E-state index in [2.05, 4.69) is 18.2 Å². The third-order valence-corrected chi connectivity index (χ3v) is 6.97. The Morgan fingerprint density at radius 1 is 0.786 bits per heavy atom. The van der Waals surface area contributed by atoms with Gasteiger partial charge in [-0.3, -0.25) is 4.31 Å². The predicted molar refractivity (Wildman–Crippen MR) is 113 cm³/mol. The summed E-state index contributed by atoms with van der Waals surface area (Å²) in [6, 6.07) is 25.1. The summed E-state index contributed by atoms with van der Waals surface area (Å²) in [5.41, 5.74) is 4.97. The highest BCUT2D eigenvalue weighted by atomic mass is 32.2. The summed E-state index contributed by atoms with van der Waals surface area (Å²) in [4.78, 5) is 0.324. The molecule has 4 rings (SSSR count). The van der Waals surface area contributed by atoms with Crippen LogP contribution in [0.2, 0.25) is 0 Å². The van der Waals surface area contributed by atoms with Crippen molar-refractivity contribution in [2.24, 2.45) is 0 Å². The van der Waals surface area contributed by atoms with Gasteiger partial charge in [0.15, 0.2) is 0 Å². The standard InChI is InChI=1S/C24H23NO2S/c1-18-8-12-21(13-9-18)24-16-22(20-6-4-3-5-7-20)17-25(24)28(26,27)23-14-10-19(2)11-15-23/h3-16,22H,17H2,1-2H3. The van der Waals surface area contributed by atoms with E-state index in [0.717, 1.165) is 28.0 Å². The lowest BCUT2D eigenvalue weighted by molar-refractivity contribution is 0.515. The molecule has 0 aliphatic carbocycles. The maximum atomic E-state index is 13.5. The molecule has 1 heterocycles. The van der Waals surface area contributed by atoms with E-state index in [1.807, 2.05) is 68.4 Å². The van der Waals surface area contributed by atoms with Crippen LogP contribution in [0, 0.1) is 13.8 Å². The molecule has 0 N–H and O–H groups in total. The van der Waals surface area contributed by atoms with Gasteiger partial charge in [-0.25, -0.2) is 8.42 Å². The predicted octanol–water partition coefficient (Wildman–Crippen LogP) is 5.13. The summed E-state index contributed by atoms with van der Waals surface area (Å²) in [6.07, 6.45) is 2.08. The first-order valence-electron chi connectivity index (χ1n) is 9.38. The molecule has 3 aromatic carbocycles. The van der Waals surface area contributed by atoms with Crippen LogP contribution in [0.15, 0.2) is 89.8 Å². The van der Waals surface area contributed by atoms with Crippen molar-refractivity contribution in [1.82, 2.24) is 4.31 Å². The van der Waals surface area contributed by atoms with Crippen molar-refractivity contribution in [3.05, 3.63) is 107 Å². The van der Waals surface area contributed by atoms with Crippen molar-refractivity contribution in [3.63, 3.8) is 0 Å². The van der Waals surface area contributed by atoms with E-state index in [-0.39, 0.29) is 5.92 Å². The van der Waals surface area contributed by atoms with Crippen LogP contribution < -0.4 is 0 Å². The monoisotopic (exact) mass is 389 g/mol. The maximum Gasteiger partial charge on any atom is 0.264 e. The van der Waals surface area contributed by atoms with Gasteiger partial charge in [-0.1, -0.05) is 83.9 Å². The van der Waals surface area contributed by atoms with Crippen LogP contribution >= 0.6 is 0 Å². The molecule has 3 nitrogen and oxygen atoms in total. The topological polar surface area (TPSA) is 37.4 Å². The van der Waals surface area contributed by atoms with Crippen LogP contribution in [0.3, 0.4) is 0 Å². The number of hydrogen-bond acceptors (Lipinski definition) is 2. The van der Waals surface area contributed by atoms with Gasteiger partial charge in [-0.15, -0.1) is 0 Å². The third-order valence-electron chi connectivity index (χ3n) is 5.17. The smallest absolute Gasteiger partial charge is 0.264 e. The molecule has 0 fully saturated rings. The minimum absolute atomic E-state index is 0.0257. The van der Waals surface area contributed by atoms with Gasteiger partial charge >= 0.3 is 0 Å². The normalized spacial score (nSPS) is 16.9. The van der Waals surface area contributed by atoms with Crippen molar-refractivity contribution in [2.75, 3.05) is 6.54 Å². The molecule has 0 radical (unpaired) electrons. The molecule has 4 heteroatoms. The summed E-state index contributed by atoms with van der Waals surface area (Å²) >= 11 is 0. The van der Waals surface area contributed by atoms with E-state index in [0.29, 0.717) is 11.4 Å². The van der Waals surface area contributed by atoms with Gasteiger partial charge in [0, 0.05) is 12.5 Å². The highest BCUT2D eigenvalue weighted by Crippen LogP contribution is 2.38. The van der Waals surface area contributed by atoms with Crippen LogP contribution in [0.1, 0.15) is 28.2 Å². The zero-order valence-electron chi connectivity index (χ0n) is 16.0. The van der Waals surface area contributed by atoms with Gasteiger partial charge in [0.05, 0.1) is 10.6 Å². The van der Waals surface area contributed by atoms with E-state index in [1.54, 1.807) is 16.4 Å². The molecule has 0 amide bonds. The molecule has 0 bridgehead atoms. The summed E-state index contributed by atoms with van der Waals surface area (Å²) in [7, 11) is -3.64.